The van der Waals surface area contributed by atoms with Gasteiger partial charge in [0.1, 0.15) is 0 Å². The van der Waals surface area contributed by atoms with Gasteiger partial charge in [0.25, 0.3) is 0 Å². The molecule has 0 radical (unpaired) electrons. The molecule has 5 heteroatoms. The average molecular weight is 391 g/mol. The van der Waals surface area contributed by atoms with E-state index in [0.717, 1.165) is 37.1 Å². The summed E-state index contributed by atoms with van der Waals surface area (Å²) in [5.41, 5.74) is 6.42. The normalized spacial score (nSPS) is 10.8. The molecule has 1 N–H and O–H groups in total. The Bertz CT molecular complexity index is 896. The second-order valence-electron chi connectivity index (χ2n) is 7.82. The first kappa shape index (κ1) is 20.6. The Balaban J connectivity index is 1.61. The lowest BCUT2D eigenvalue weighted by Gasteiger charge is -2.13. The molecule has 5 nitrogen and oxygen atoms in total. The van der Waals surface area contributed by atoms with Crippen molar-refractivity contribution in [2.24, 2.45) is 0 Å². The van der Waals surface area contributed by atoms with Gasteiger partial charge in [-0.1, -0.05) is 24.3 Å². The van der Waals surface area contributed by atoms with Crippen molar-refractivity contribution >= 4 is 11.4 Å². The highest BCUT2D eigenvalue weighted by Crippen LogP contribution is 2.15. The molecule has 0 atom stereocenters. The zero-order chi connectivity index (χ0) is 20.8. The highest BCUT2D eigenvalue weighted by Gasteiger charge is 2.04. The number of rotatable bonds is 8. The van der Waals surface area contributed by atoms with Gasteiger partial charge in [-0.2, -0.15) is 4.98 Å². The first-order chi connectivity index (χ1) is 13.9. The molecule has 0 unspecified atom stereocenters. The fourth-order valence-corrected chi connectivity index (χ4v) is 3.30. The van der Waals surface area contributed by atoms with Crippen LogP contribution in [0.25, 0.3) is 0 Å². The lowest BCUT2D eigenvalue weighted by atomic mass is 10.0. The van der Waals surface area contributed by atoms with Crippen molar-refractivity contribution in [3.63, 3.8) is 0 Å². The zero-order valence-electron chi connectivity index (χ0n) is 17.8. The van der Waals surface area contributed by atoms with Gasteiger partial charge in [0.15, 0.2) is 0 Å². The quantitative estimate of drug-likeness (QED) is 0.640. The molecule has 0 saturated heterocycles. The van der Waals surface area contributed by atoms with E-state index >= 15 is 0 Å². The van der Waals surface area contributed by atoms with Crippen LogP contribution in [0.2, 0.25) is 0 Å². The summed E-state index contributed by atoms with van der Waals surface area (Å²) >= 11 is 0. The fraction of sp³-hybridized carbons (Fsp3) is 0.333. The van der Waals surface area contributed by atoms with Gasteiger partial charge in [0.2, 0.25) is 0 Å². The van der Waals surface area contributed by atoms with E-state index in [2.05, 4.69) is 68.3 Å². The highest BCUT2D eigenvalue weighted by molar-refractivity contribution is 5.46. The van der Waals surface area contributed by atoms with Crippen molar-refractivity contribution in [2.45, 2.75) is 25.7 Å². The van der Waals surface area contributed by atoms with E-state index in [4.69, 9.17) is 0 Å². The van der Waals surface area contributed by atoms with Gasteiger partial charge < -0.3 is 14.8 Å². The van der Waals surface area contributed by atoms with E-state index in [1.54, 1.807) is 0 Å². The third-order valence-corrected chi connectivity index (χ3v) is 5.11. The van der Waals surface area contributed by atoms with Crippen molar-refractivity contribution in [2.75, 3.05) is 38.0 Å². The van der Waals surface area contributed by atoms with E-state index in [1.165, 1.54) is 22.5 Å². The molecule has 0 aliphatic heterocycles. The van der Waals surface area contributed by atoms with Crippen LogP contribution in [0.5, 0.6) is 0 Å². The van der Waals surface area contributed by atoms with Gasteiger partial charge in [-0.25, -0.2) is 4.79 Å². The summed E-state index contributed by atoms with van der Waals surface area (Å²) in [5, 5.41) is 0. The molecule has 3 aromatic rings. The molecule has 0 aliphatic rings. The molecule has 0 spiro atoms. The largest absolute Gasteiger partial charge is 0.378 e. The van der Waals surface area contributed by atoms with Crippen LogP contribution < -0.4 is 15.5 Å². The van der Waals surface area contributed by atoms with Gasteiger partial charge in [-0.15, -0.1) is 0 Å². The van der Waals surface area contributed by atoms with Gasteiger partial charge in [-0.05, 0) is 67.1 Å². The number of aromatic nitrogens is 2. The number of anilines is 2. The van der Waals surface area contributed by atoms with E-state index in [1.807, 2.05) is 34.3 Å². The van der Waals surface area contributed by atoms with Crippen LogP contribution in [0, 0.1) is 0 Å². The van der Waals surface area contributed by atoms with Crippen LogP contribution >= 0.6 is 0 Å². The Morgan fingerprint density at radius 1 is 0.724 bits per heavy atom. The summed E-state index contributed by atoms with van der Waals surface area (Å²) in [5.74, 6) is 0. The minimum atomic E-state index is -0.261. The molecule has 29 heavy (non-hydrogen) atoms. The third kappa shape index (κ3) is 5.95. The van der Waals surface area contributed by atoms with Gasteiger partial charge in [-0.3, -0.25) is 0 Å². The molecular weight excluding hydrogens is 360 g/mol. The number of nitrogens with one attached hydrogen (secondary N) is 1. The molecule has 1 aromatic heterocycles. The Morgan fingerprint density at radius 3 is 1.69 bits per heavy atom. The van der Waals surface area contributed by atoms with Crippen molar-refractivity contribution in [3.8, 4) is 0 Å². The van der Waals surface area contributed by atoms with E-state index in [0.29, 0.717) is 0 Å². The summed E-state index contributed by atoms with van der Waals surface area (Å²) in [4.78, 5) is 23.2. The molecule has 0 fully saturated rings. The van der Waals surface area contributed by atoms with E-state index in [9.17, 15) is 4.79 Å². The second kappa shape index (κ2) is 9.41. The first-order valence-electron chi connectivity index (χ1n) is 10.0. The molecule has 0 saturated carbocycles. The standard InChI is InChI=1S/C24H30N4O/c1-27(2)22-13-7-18(8-14-22)5-11-20-17-21(26-24(29)25-20)12-6-19-9-15-23(16-10-19)28(3)4/h7-10,13-17H,5-6,11-12H2,1-4H3,(H,25,26,29). The van der Waals surface area contributed by atoms with Crippen LogP contribution in [0.3, 0.4) is 0 Å². The predicted molar refractivity (Wildman–Crippen MR) is 121 cm³/mol. The topological polar surface area (TPSA) is 52.2 Å². The minimum Gasteiger partial charge on any atom is -0.378 e. The summed E-state index contributed by atoms with van der Waals surface area (Å²) in [6.45, 7) is 0. The predicted octanol–water partition coefficient (Wildman–Crippen LogP) is 3.47. The molecule has 2 aromatic carbocycles. The monoisotopic (exact) mass is 390 g/mol. The SMILES string of the molecule is CN(C)c1ccc(CCc2cc(CCc3ccc(N(C)C)cc3)[nH]c(=O)n2)cc1. The third-order valence-electron chi connectivity index (χ3n) is 5.11. The van der Waals surface area contributed by atoms with Gasteiger partial charge in [0, 0.05) is 51.0 Å². The summed E-state index contributed by atoms with van der Waals surface area (Å²) in [6, 6.07) is 19.1. The number of H-pyrrole nitrogens is 1. The molecule has 0 amide bonds. The first-order valence-corrected chi connectivity index (χ1v) is 10.0. The number of hydrogen-bond acceptors (Lipinski definition) is 4. The second-order valence-corrected chi connectivity index (χ2v) is 7.82. The number of aryl methyl sites for hydroxylation is 4. The fourth-order valence-electron chi connectivity index (χ4n) is 3.30. The zero-order valence-corrected chi connectivity index (χ0v) is 17.8. The maximum absolute atomic E-state index is 12.0. The average Bonchev–Trinajstić information content (AvgIpc) is 2.71. The van der Waals surface area contributed by atoms with Crippen LogP contribution in [0.1, 0.15) is 22.5 Å². The van der Waals surface area contributed by atoms with Crippen LogP contribution in [-0.2, 0) is 25.7 Å². The summed E-state index contributed by atoms with van der Waals surface area (Å²) < 4.78 is 0. The minimum absolute atomic E-state index is 0.261. The van der Waals surface area contributed by atoms with Gasteiger partial charge in [0.05, 0.1) is 0 Å². The van der Waals surface area contributed by atoms with Crippen LogP contribution in [0.15, 0.2) is 59.4 Å². The van der Waals surface area contributed by atoms with Crippen molar-refractivity contribution in [1.82, 2.24) is 9.97 Å². The molecule has 0 bridgehead atoms. The lowest BCUT2D eigenvalue weighted by molar-refractivity contribution is 0.831. The molecule has 0 aliphatic carbocycles. The van der Waals surface area contributed by atoms with E-state index < -0.39 is 0 Å². The van der Waals surface area contributed by atoms with Crippen LogP contribution in [0.4, 0.5) is 11.4 Å². The number of nitrogens with zero attached hydrogens (tertiary/aromatic N) is 3. The van der Waals surface area contributed by atoms with Gasteiger partial charge >= 0.3 is 5.69 Å². The Labute approximate surface area is 173 Å². The molecular formula is C24H30N4O. The maximum atomic E-state index is 12.0. The van der Waals surface area contributed by atoms with Crippen molar-refractivity contribution < 1.29 is 0 Å². The van der Waals surface area contributed by atoms with E-state index in [-0.39, 0.29) is 5.69 Å². The summed E-state index contributed by atoms with van der Waals surface area (Å²) in [7, 11) is 8.14. The smallest absolute Gasteiger partial charge is 0.345 e. The number of aromatic amines is 1. The van der Waals surface area contributed by atoms with Crippen molar-refractivity contribution in [1.29, 1.82) is 0 Å². The van der Waals surface area contributed by atoms with Crippen molar-refractivity contribution in [3.05, 3.63) is 87.6 Å². The Kier molecular flexibility index (Phi) is 6.70. The molecule has 3 rings (SSSR count). The number of benzene rings is 2. The lowest BCUT2D eigenvalue weighted by Crippen LogP contribution is -2.16. The summed E-state index contributed by atoms with van der Waals surface area (Å²) in [6.07, 6.45) is 3.31. The number of hydrogen-bond donors (Lipinski definition) is 1. The highest BCUT2D eigenvalue weighted by atomic mass is 16.1. The molecule has 152 valence electrons. The Morgan fingerprint density at radius 2 is 1.21 bits per heavy atom. The maximum Gasteiger partial charge on any atom is 0.345 e. The molecule has 1 heterocycles. The van der Waals surface area contributed by atoms with Crippen LogP contribution in [-0.4, -0.2) is 38.2 Å². The Hall–Kier alpha value is -3.08.